The van der Waals surface area contributed by atoms with E-state index in [1.54, 1.807) is 0 Å². The Morgan fingerprint density at radius 2 is 1.06 bits per heavy atom. The van der Waals surface area contributed by atoms with E-state index < -0.39 is 104 Å². The van der Waals surface area contributed by atoms with Crippen molar-refractivity contribution in [3.05, 3.63) is 0 Å². The van der Waals surface area contributed by atoms with Gasteiger partial charge in [-0.15, -0.1) is 0 Å². The molecule has 0 amide bonds. The topological polar surface area (TPSA) is 190 Å². The molecule has 4 aliphatic rings. The van der Waals surface area contributed by atoms with Crippen LogP contribution in [-0.2, 0) is 57.6 Å². The van der Waals surface area contributed by atoms with Crippen LogP contribution in [0.15, 0.2) is 0 Å². The van der Waals surface area contributed by atoms with E-state index >= 15 is 0 Å². The van der Waals surface area contributed by atoms with Gasteiger partial charge in [-0.1, -0.05) is 0 Å². The van der Waals surface area contributed by atoms with E-state index in [1.807, 2.05) is 0 Å². The first kappa shape index (κ1) is 31.3. The molecule has 11 radical (unpaired) electrons. The lowest BCUT2D eigenvalue weighted by molar-refractivity contribution is 0.0521. The van der Waals surface area contributed by atoms with Crippen molar-refractivity contribution in [2.45, 2.75) is 24.9 Å². The Morgan fingerprint density at radius 1 is 0.667 bits per heavy atom. The van der Waals surface area contributed by atoms with Gasteiger partial charge in [0.15, 0.2) is 0 Å². The molecular weight excluding hydrogens is 717 g/mol. The van der Waals surface area contributed by atoms with Gasteiger partial charge >= 0.3 is 104 Å². The minimum Gasteiger partial charge on any atom is -0.409 e. The zero-order valence-electron chi connectivity index (χ0n) is 17.7. The lowest BCUT2D eigenvalue weighted by Gasteiger charge is -2.44. The summed E-state index contributed by atoms with van der Waals surface area (Å²) in [4.78, 5) is 28.7. The first-order valence-corrected chi connectivity index (χ1v) is 25.2. The molecule has 4 rings (SSSR count). The van der Waals surface area contributed by atoms with Crippen LogP contribution >= 0.6 is 25.3 Å². The van der Waals surface area contributed by atoms with Crippen LogP contribution < -0.4 is 0 Å². The molecule has 199 valence electrons. The molecule has 4 aliphatic heterocycles. The average Bonchev–Trinajstić information content (AvgIpc) is 2.81. The van der Waals surface area contributed by atoms with Crippen LogP contribution in [-0.4, -0.2) is 130 Å². The molecule has 36 heavy (non-hydrogen) atoms. The summed E-state index contributed by atoms with van der Waals surface area (Å²) in [5.74, 6) is 1.12. The molecular formula is C6H17O17S2Si11. The summed E-state index contributed by atoms with van der Waals surface area (Å²) >= 11 is 8.43. The Morgan fingerprint density at radius 3 is 1.44 bits per heavy atom. The number of fused-ring (bicyclic) bond motifs is 4. The van der Waals surface area contributed by atoms with Crippen LogP contribution in [0.2, 0.25) is 12.1 Å². The molecule has 0 aromatic rings. The summed E-state index contributed by atoms with van der Waals surface area (Å²) in [6, 6.07) is 0.794. The molecule has 4 heterocycles. The number of thiol groups is 2. The quantitative estimate of drug-likeness (QED) is 0.0852. The lowest BCUT2D eigenvalue weighted by Crippen LogP contribution is -2.70. The van der Waals surface area contributed by atoms with Gasteiger partial charge in [0.2, 0.25) is 0 Å². The summed E-state index contributed by atoms with van der Waals surface area (Å²) in [5, 5.41) is 0. The van der Waals surface area contributed by atoms with E-state index in [4.69, 9.17) is 67.2 Å². The van der Waals surface area contributed by atoms with Crippen LogP contribution in [0.4, 0.5) is 0 Å². The second-order valence-corrected chi connectivity index (χ2v) is 26.4. The molecule has 30 heteroatoms. The fourth-order valence-electron chi connectivity index (χ4n) is 2.67. The third-order valence-electron chi connectivity index (χ3n) is 3.98. The maximum atomic E-state index is 10.5. The zero-order chi connectivity index (χ0) is 25.6. The molecule has 4 saturated heterocycles. The van der Waals surface area contributed by atoms with Crippen LogP contribution in [0.1, 0.15) is 12.8 Å². The summed E-state index contributed by atoms with van der Waals surface area (Å²) in [7, 11) is -25.7. The average molecular weight is 734 g/mol. The van der Waals surface area contributed by atoms with Gasteiger partial charge in [0.25, 0.3) is 0 Å². The highest BCUT2D eigenvalue weighted by molar-refractivity contribution is 7.80. The number of hydrogen-bond acceptors (Lipinski definition) is 19. The van der Waals surface area contributed by atoms with Crippen LogP contribution in [0.3, 0.4) is 0 Å². The van der Waals surface area contributed by atoms with Crippen molar-refractivity contribution in [2.24, 2.45) is 0 Å². The summed E-state index contributed by atoms with van der Waals surface area (Å²) in [6.45, 7) is 0. The third-order valence-corrected chi connectivity index (χ3v) is 28.1. The van der Waals surface area contributed by atoms with Crippen LogP contribution in [0, 0.1) is 0 Å². The molecule has 4 fully saturated rings. The third kappa shape index (κ3) is 8.71. The smallest absolute Gasteiger partial charge is 0.409 e. The molecule has 0 aromatic carbocycles. The van der Waals surface area contributed by atoms with Crippen molar-refractivity contribution in [2.75, 3.05) is 11.5 Å². The molecule has 2 unspecified atom stereocenters. The van der Waals surface area contributed by atoms with Gasteiger partial charge in [-0.2, -0.15) is 25.3 Å². The van der Waals surface area contributed by atoms with E-state index in [9.17, 15) is 4.80 Å². The predicted molar refractivity (Wildman–Crippen MR) is 132 cm³/mol. The van der Waals surface area contributed by atoms with Crippen molar-refractivity contribution >= 4 is 130 Å². The molecule has 0 saturated carbocycles. The van der Waals surface area contributed by atoms with Gasteiger partial charge in [-0.05, 0) is 24.3 Å². The number of hydrogen-bond donors (Lipinski definition) is 5. The van der Waals surface area contributed by atoms with Gasteiger partial charge in [-0.25, -0.2) is 0 Å². The highest BCUT2D eigenvalue weighted by Crippen LogP contribution is 2.32. The van der Waals surface area contributed by atoms with Crippen LogP contribution in [0.25, 0.3) is 0 Å². The summed E-state index contributed by atoms with van der Waals surface area (Å²) in [6.07, 6.45) is 1.23. The van der Waals surface area contributed by atoms with Crippen molar-refractivity contribution in [3.8, 4) is 0 Å². The highest BCUT2D eigenvalue weighted by atomic mass is 32.1. The fraction of sp³-hybridized carbons (Fsp3) is 1.00. The molecule has 0 aliphatic carbocycles. The Bertz CT molecular complexity index is 643. The lowest BCUT2D eigenvalue weighted by atomic mass is 10.6. The normalized spacial score (nSPS) is 31.5. The van der Waals surface area contributed by atoms with Gasteiger partial charge < -0.3 is 72.0 Å². The minimum absolute atomic E-state index is 0.397. The monoisotopic (exact) mass is 733 g/mol. The van der Waals surface area contributed by atoms with E-state index in [2.05, 4.69) is 25.3 Å². The second-order valence-electron chi connectivity index (χ2n) is 6.40. The fourth-order valence-corrected chi connectivity index (χ4v) is 30.8. The molecule has 17 nitrogen and oxygen atoms in total. The van der Waals surface area contributed by atoms with Crippen molar-refractivity contribution in [1.29, 1.82) is 0 Å². The molecule has 4 bridgehead atoms. The molecule has 3 N–H and O–H groups in total. The van der Waals surface area contributed by atoms with Gasteiger partial charge in [0, 0.05) is 12.1 Å². The van der Waals surface area contributed by atoms with Crippen molar-refractivity contribution < 1.29 is 72.0 Å². The Labute approximate surface area is 236 Å². The van der Waals surface area contributed by atoms with Gasteiger partial charge in [0.1, 0.15) is 0 Å². The Kier molecular flexibility index (Phi) is 13.1. The molecule has 2 atom stereocenters. The zero-order valence-corrected chi connectivity index (χ0v) is 30.5. The molecule has 0 aromatic heterocycles. The largest absolute Gasteiger partial charge is 0.558 e. The van der Waals surface area contributed by atoms with E-state index in [1.165, 1.54) is 0 Å². The van der Waals surface area contributed by atoms with Gasteiger partial charge in [-0.3, -0.25) is 0 Å². The van der Waals surface area contributed by atoms with Crippen molar-refractivity contribution in [3.63, 3.8) is 0 Å². The summed E-state index contributed by atoms with van der Waals surface area (Å²) < 4.78 is 78.6. The molecule has 0 spiro atoms. The second kappa shape index (κ2) is 15.0. The van der Waals surface area contributed by atoms with Crippen molar-refractivity contribution in [1.82, 2.24) is 0 Å². The Hall–Kier alpha value is 2.41. The van der Waals surface area contributed by atoms with E-state index in [0.29, 0.717) is 36.4 Å². The maximum Gasteiger partial charge on any atom is 0.558 e. The predicted octanol–water partition coefficient (Wildman–Crippen LogP) is -4.27. The van der Waals surface area contributed by atoms with E-state index in [-0.39, 0.29) is 0 Å². The van der Waals surface area contributed by atoms with Crippen LogP contribution in [0.5, 0.6) is 0 Å². The number of rotatable bonds is 14. The van der Waals surface area contributed by atoms with E-state index in [0.717, 1.165) is 0 Å². The Balaban J connectivity index is 1.34. The highest BCUT2D eigenvalue weighted by Gasteiger charge is 2.64. The SMILES string of the molecule is O[Si]O[Si]1O[Si]2O[Si](O[Si](O)O[Si]3O[Si]4O[Si](O[Si]O)O[Si](CCCS)(O3)O4)O[Si](CCCS)(O1)O2. The summed E-state index contributed by atoms with van der Waals surface area (Å²) in [5.41, 5.74) is 0. The first-order valence-electron chi connectivity index (χ1n) is 9.73. The minimum atomic E-state index is -3.31. The van der Waals surface area contributed by atoms with Gasteiger partial charge in [0.05, 0.1) is 0 Å². The maximum absolute atomic E-state index is 10.5. The first-order chi connectivity index (χ1) is 17.4. The standard InChI is InChI=1S/C6H17O17S2Si11/c7-26-10-29-14-33-16-31(20-35(18-29,22-33)5-1-3-24)12-28(9)13-32-17-34-15-30(11-27-8)19-36(21-32,23-34)6-2-4-25/h7-9,24-25H,1-6H2.